The van der Waals surface area contributed by atoms with Crippen molar-refractivity contribution in [2.75, 3.05) is 14.7 Å². The lowest BCUT2D eigenvalue weighted by Crippen LogP contribution is -2.10. The molecule has 18 nitrogen and oxygen atoms in total. The van der Waals surface area contributed by atoms with Crippen molar-refractivity contribution in [2.24, 2.45) is 0 Å². The van der Waals surface area contributed by atoms with Crippen LogP contribution < -0.4 is 14.7 Å². The molecule has 0 radical (unpaired) electrons. The van der Waals surface area contributed by atoms with Gasteiger partial charge in [0.05, 0.1) is 0 Å². The van der Waals surface area contributed by atoms with E-state index in [-0.39, 0.29) is 0 Å². The Kier molecular flexibility index (Phi) is 19.3. The van der Waals surface area contributed by atoms with Crippen LogP contribution in [0.5, 0.6) is 0 Å². The number of hydrogen-bond acceptors (Lipinski definition) is 13. The van der Waals surface area contributed by atoms with Gasteiger partial charge < -0.3 is 40.2 Å². The highest BCUT2D eigenvalue weighted by Gasteiger charge is 2.19. The van der Waals surface area contributed by atoms with Crippen molar-refractivity contribution in [1.82, 2.24) is 0 Å². The second kappa shape index (κ2) is 28.4. The molecule has 0 heterocycles. The summed E-state index contributed by atoms with van der Waals surface area (Å²) < 4.78 is 0. The fraction of sp³-hybridized carbons (Fsp3) is 0. The summed E-state index contributed by atoms with van der Waals surface area (Å²) in [6.45, 7) is 0. The maximum absolute atomic E-state index is 11.7. The van der Waals surface area contributed by atoms with Gasteiger partial charge in [-0.1, -0.05) is 109 Å². The van der Waals surface area contributed by atoms with Gasteiger partial charge in [0.2, 0.25) is 0 Å². The average Bonchev–Trinajstić information content (AvgIpc) is 0.839. The molecule has 9 aromatic carbocycles. The van der Waals surface area contributed by atoms with Crippen LogP contribution in [0.15, 0.2) is 246 Å². The number of hydrogen-bond donors (Lipinski definition) is 5. The molecule has 0 amide bonds. The largest absolute Gasteiger partial charge is 0.477 e. The van der Waals surface area contributed by atoms with Crippen LogP contribution in [-0.4, -0.2) is 55.4 Å². The first-order chi connectivity index (χ1) is 44.5. The standard InChI is InChI=1S/C74H46N8O10/c75-42-56(70(83)84)37-47-1-19-61(20-2-47)80(62-21-3-48(4-22-62)38-57(43-76)71(85)86)66-29-11-52(12-30-66)54-15-33-68(34-16-54)82(65-27-9-51(10-28-65)41-60(46-79)74(91)92)69-35-17-55(18-36-69)53-13-31-67(32-14-53)81(63-23-5-49(6-24-63)39-58(44-77)72(87)88)64-25-7-50(8-26-64)40-59(45-78)73(89)90/h1-41H,(H,83,84)(H,85,86)(H,87,88)(H,89,90)(H,91,92)/b56-37-,57-38+,58-39+,59-40+,60-41-. The van der Waals surface area contributed by atoms with Gasteiger partial charge in [-0.05, 0) is 190 Å². The summed E-state index contributed by atoms with van der Waals surface area (Å²) in [7, 11) is 0. The molecule has 0 aliphatic rings. The Morgan fingerprint density at radius 2 is 0.348 bits per heavy atom. The fourth-order valence-corrected chi connectivity index (χ4v) is 9.69. The van der Waals surface area contributed by atoms with E-state index in [1.54, 1.807) is 140 Å². The molecule has 9 rings (SSSR count). The lowest BCUT2D eigenvalue weighted by atomic mass is 10.0. The van der Waals surface area contributed by atoms with Gasteiger partial charge in [0.25, 0.3) is 0 Å². The van der Waals surface area contributed by atoms with E-state index in [2.05, 4.69) is 0 Å². The highest BCUT2D eigenvalue weighted by Crippen LogP contribution is 2.41. The number of rotatable bonds is 21. The summed E-state index contributed by atoms with van der Waals surface area (Å²) in [6.07, 6.45) is 6.36. The van der Waals surface area contributed by atoms with Gasteiger partial charge in [0, 0.05) is 51.2 Å². The zero-order valence-corrected chi connectivity index (χ0v) is 48.0. The summed E-state index contributed by atoms with van der Waals surface area (Å²) in [4.78, 5) is 63.9. The van der Waals surface area contributed by atoms with Gasteiger partial charge >= 0.3 is 29.8 Å². The third kappa shape index (κ3) is 14.7. The van der Waals surface area contributed by atoms with Gasteiger partial charge in [-0.3, -0.25) is 0 Å². The van der Waals surface area contributed by atoms with Gasteiger partial charge in [-0.15, -0.1) is 0 Å². The second-order valence-corrected chi connectivity index (χ2v) is 20.0. The zero-order valence-electron chi connectivity index (χ0n) is 48.0. The van der Waals surface area contributed by atoms with Crippen LogP contribution in [0.25, 0.3) is 52.6 Å². The molecule has 0 unspecified atom stereocenters. The molecule has 0 fully saturated rings. The van der Waals surface area contributed by atoms with E-state index in [0.717, 1.165) is 45.0 Å². The summed E-state index contributed by atoms with van der Waals surface area (Å²) in [5, 5.41) is 94.2. The first kappa shape index (κ1) is 62.4. The van der Waals surface area contributed by atoms with E-state index < -0.39 is 57.7 Å². The smallest absolute Gasteiger partial charge is 0.346 e. The Hall–Kier alpha value is -14.1. The van der Waals surface area contributed by atoms with Crippen molar-refractivity contribution in [2.45, 2.75) is 0 Å². The Morgan fingerprint density at radius 1 is 0.228 bits per heavy atom. The number of anilines is 9. The van der Waals surface area contributed by atoms with Crippen molar-refractivity contribution in [1.29, 1.82) is 26.3 Å². The van der Waals surface area contributed by atoms with Crippen LogP contribution in [0.2, 0.25) is 0 Å². The van der Waals surface area contributed by atoms with Gasteiger partial charge in [-0.2, -0.15) is 26.3 Å². The first-order valence-electron chi connectivity index (χ1n) is 27.5. The third-order valence-corrected chi connectivity index (χ3v) is 14.2. The van der Waals surface area contributed by atoms with Crippen molar-refractivity contribution in [3.8, 4) is 52.6 Å². The summed E-state index contributed by atoms with van der Waals surface area (Å²) >= 11 is 0. The fourth-order valence-electron chi connectivity index (χ4n) is 9.69. The molecular weight excluding hydrogens is 1160 g/mol. The molecule has 0 bridgehead atoms. The van der Waals surface area contributed by atoms with Crippen LogP contribution in [0.4, 0.5) is 51.2 Å². The molecule has 0 saturated heterocycles. The highest BCUT2D eigenvalue weighted by molar-refractivity contribution is 6.00. The first-order valence-corrected chi connectivity index (χ1v) is 27.5. The van der Waals surface area contributed by atoms with E-state index in [1.165, 1.54) is 30.4 Å². The predicted octanol–water partition coefficient (Wildman–Crippen LogP) is 15.4. The number of nitriles is 5. The van der Waals surface area contributed by atoms with Crippen LogP contribution in [0, 0.1) is 56.7 Å². The minimum absolute atomic E-state index is 0.425. The minimum Gasteiger partial charge on any atom is -0.477 e. The van der Waals surface area contributed by atoms with Gasteiger partial charge in [-0.25, -0.2) is 24.0 Å². The second-order valence-electron chi connectivity index (χ2n) is 20.0. The summed E-state index contributed by atoms with van der Waals surface area (Å²) in [6, 6.07) is 74.4. The molecular formula is C74H46N8O10. The average molecular weight is 1210 g/mol. The molecule has 18 heteroatoms. The Morgan fingerprint density at radius 3 is 0.457 bits per heavy atom. The van der Waals surface area contributed by atoms with Crippen molar-refractivity contribution in [3.63, 3.8) is 0 Å². The molecule has 0 spiro atoms. The van der Waals surface area contributed by atoms with E-state index in [0.29, 0.717) is 56.3 Å². The monoisotopic (exact) mass is 1210 g/mol. The summed E-state index contributed by atoms with van der Waals surface area (Å²) in [5.41, 5.74) is 10.1. The molecule has 5 N–H and O–H groups in total. The molecule has 0 aliphatic heterocycles. The maximum atomic E-state index is 11.7. The van der Waals surface area contributed by atoms with E-state index >= 15 is 0 Å². The van der Waals surface area contributed by atoms with Crippen LogP contribution in [0.1, 0.15) is 27.8 Å². The SMILES string of the molecule is N#C/C(=C/c1ccc(N(c2ccc(/C=C(\C#N)C(=O)O)cc2)c2ccc(-c3ccc(N(c4ccc(/C=C(/C#N)C(=O)O)cc4)c4ccc(-c5ccc(N(c6ccc(/C=C(\C#N)C(=O)O)cc6)c6ccc(/C=C(\C#N)C(=O)O)cc6)cc5)cc4)cc3)cc2)cc1)C(=O)O. The minimum atomic E-state index is -1.36. The van der Waals surface area contributed by atoms with E-state index in [4.69, 9.17) is 0 Å². The Labute approximate surface area is 526 Å². The van der Waals surface area contributed by atoms with E-state index in [9.17, 15) is 75.8 Å². The molecule has 442 valence electrons. The zero-order chi connectivity index (χ0) is 65.4. The topological polar surface area (TPSA) is 315 Å². The van der Waals surface area contributed by atoms with Gasteiger partial charge in [0.15, 0.2) is 0 Å². The third-order valence-electron chi connectivity index (χ3n) is 14.2. The van der Waals surface area contributed by atoms with Crippen molar-refractivity contribution < 1.29 is 49.5 Å². The number of aliphatic carboxylic acids is 5. The number of carbonyl (C=O) groups is 5. The molecule has 92 heavy (non-hydrogen) atoms. The van der Waals surface area contributed by atoms with Crippen molar-refractivity contribution in [3.05, 3.63) is 274 Å². The predicted molar refractivity (Wildman–Crippen MR) is 347 cm³/mol. The molecule has 0 atom stereocenters. The lowest BCUT2D eigenvalue weighted by Gasteiger charge is -2.27. The quantitative estimate of drug-likeness (QED) is 0.0330. The van der Waals surface area contributed by atoms with Crippen LogP contribution in [-0.2, 0) is 24.0 Å². The Bertz CT molecular complexity index is 4280. The number of nitrogens with zero attached hydrogens (tertiary/aromatic N) is 8. The van der Waals surface area contributed by atoms with Crippen LogP contribution in [0.3, 0.4) is 0 Å². The molecule has 0 saturated carbocycles. The van der Waals surface area contributed by atoms with E-state index in [1.807, 2.05) is 124 Å². The molecule has 9 aromatic rings. The van der Waals surface area contributed by atoms with Crippen molar-refractivity contribution >= 4 is 111 Å². The molecule has 0 aromatic heterocycles. The van der Waals surface area contributed by atoms with Crippen LogP contribution >= 0.6 is 0 Å². The Balaban J connectivity index is 1.03. The number of carboxylic acids is 5. The highest BCUT2D eigenvalue weighted by atomic mass is 16.4. The van der Waals surface area contributed by atoms with Gasteiger partial charge in [0.1, 0.15) is 58.2 Å². The number of benzene rings is 9. The normalized spacial score (nSPS) is 11.5. The summed E-state index contributed by atoms with van der Waals surface area (Å²) in [5.74, 6) is -6.78. The number of carboxylic acid groups (broad SMARTS) is 5. The maximum Gasteiger partial charge on any atom is 0.346 e. The lowest BCUT2D eigenvalue weighted by molar-refractivity contribution is -0.133. The molecule has 0 aliphatic carbocycles.